The Morgan fingerprint density at radius 1 is 1.45 bits per heavy atom. The Labute approximate surface area is 142 Å². The van der Waals surface area contributed by atoms with E-state index in [0.29, 0.717) is 11.8 Å². The number of aliphatic imine (C=N–C) groups is 1. The summed E-state index contributed by atoms with van der Waals surface area (Å²) in [5.41, 5.74) is 1.76. The second kappa shape index (κ2) is 7.95. The molecular weight excluding hydrogens is 342 g/mol. The fourth-order valence-electron chi connectivity index (χ4n) is 2.61. The van der Waals surface area contributed by atoms with Gasteiger partial charge in [-0.2, -0.15) is 0 Å². The SMILES string of the molecule is CCN(C)C=Nc1cc(Br)c(O[C@H]2CCCC[C@@H]2C)nc1C. The molecule has 0 amide bonds. The first kappa shape index (κ1) is 17.3. The minimum Gasteiger partial charge on any atom is -0.473 e. The minimum absolute atomic E-state index is 0.275. The summed E-state index contributed by atoms with van der Waals surface area (Å²) in [6.07, 6.45) is 7.03. The van der Waals surface area contributed by atoms with Crippen LogP contribution in [0.1, 0.15) is 45.2 Å². The third-order valence-corrected chi connectivity index (χ3v) is 4.86. The summed E-state index contributed by atoms with van der Waals surface area (Å²) in [6.45, 7) is 7.26. The van der Waals surface area contributed by atoms with Gasteiger partial charge in [0.05, 0.1) is 22.2 Å². The van der Waals surface area contributed by atoms with Gasteiger partial charge in [0, 0.05) is 13.6 Å². The van der Waals surface area contributed by atoms with Crippen molar-refractivity contribution in [3.8, 4) is 5.88 Å². The third-order valence-electron chi connectivity index (χ3n) is 4.30. The first-order valence-electron chi connectivity index (χ1n) is 8.09. The lowest BCUT2D eigenvalue weighted by Gasteiger charge is -2.29. The lowest BCUT2D eigenvalue weighted by atomic mass is 9.88. The van der Waals surface area contributed by atoms with Crippen LogP contribution in [-0.2, 0) is 0 Å². The first-order chi connectivity index (χ1) is 10.5. The molecule has 1 heterocycles. The predicted octanol–water partition coefficient (Wildman–Crippen LogP) is 4.72. The summed E-state index contributed by atoms with van der Waals surface area (Å²) in [5.74, 6) is 1.29. The van der Waals surface area contributed by atoms with E-state index in [1.807, 2.05) is 31.3 Å². The number of hydrogen-bond acceptors (Lipinski definition) is 3. The highest BCUT2D eigenvalue weighted by molar-refractivity contribution is 9.10. The number of nitrogens with zero attached hydrogens (tertiary/aromatic N) is 3. The lowest BCUT2D eigenvalue weighted by Crippen LogP contribution is -2.28. The van der Waals surface area contributed by atoms with Crippen molar-refractivity contribution in [3.63, 3.8) is 0 Å². The van der Waals surface area contributed by atoms with Crippen LogP contribution in [0.3, 0.4) is 0 Å². The van der Waals surface area contributed by atoms with E-state index < -0.39 is 0 Å². The topological polar surface area (TPSA) is 37.7 Å². The van der Waals surface area contributed by atoms with Gasteiger partial charge in [-0.25, -0.2) is 9.98 Å². The molecule has 122 valence electrons. The van der Waals surface area contributed by atoms with Crippen LogP contribution >= 0.6 is 15.9 Å². The number of ether oxygens (including phenoxy) is 1. The number of aromatic nitrogens is 1. The summed E-state index contributed by atoms with van der Waals surface area (Å²) in [7, 11) is 2.00. The van der Waals surface area contributed by atoms with Crippen LogP contribution in [0.5, 0.6) is 5.88 Å². The van der Waals surface area contributed by atoms with Gasteiger partial charge in [-0.1, -0.05) is 13.3 Å². The molecule has 0 aromatic carbocycles. The number of hydrogen-bond donors (Lipinski definition) is 0. The average Bonchev–Trinajstić information content (AvgIpc) is 2.51. The molecule has 2 rings (SSSR count). The Morgan fingerprint density at radius 2 is 2.18 bits per heavy atom. The minimum atomic E-state index is 0.275. The second-order valence-corrected chi connectivity index (χ2v) is 6.97. The van der Waals surface area contributed by atoms with Crippen molar-refractivity contribution in [1.82, 2.24) is 9.88 Å². The second-order valence-electron chi connectivity index (χ2n) is 6.12. The number of halogens is 1. The quantitative estimate of drug-likeness (QED) is 0.557. The zero-order valence-electron chi connectivity index (χ0n) is 14.0. The largest absolute Gasteiger partial charge is 0.473 e. The molecule has 0 radical (unpaired) electrons. The molecule has 1 aromatic rings. The zero-order chi connectivity index (χ0) is 16.1. The summed E-state index contributed by atoms with van der Waals surface area (Å²) in [4.78, 5) is 11.1. The average molecular weight is 368 g/mol. The van der Waals surface area contributed by atoms with Crippen LogP contribution in [0.15, 0.2) is 15.5 Å². The molecule has 1 aromatic heterocycles. The van der Waals surface area contributed by atoms with Gasteiger partial charge in [-0.3, -0.25) is 0 Å². The number of rotatable bonds is 5. The number of pyridine rings is 1. The Bertz CT molecular complexity index is 533. The normalized spacial score (nSPS) is 22.0. The van der Waals surface area contributed by atoms with Crippen LogP contribution in [-0.4, -0.2) is 35.9 Å². The molecule has 1 saturated carbocycles. The predicted molar refractivity (Wildman–Crippen MR) is 95.2 cm³/mol. The van der Waals surface area contributed by atoms with E-state index in [4.69, 9.17) is 4.74 Å². The molecule has 0 unspecified atom stereocenters. The van der Waals surface area contributed by atoms with Crippen molar-refractivity contribution in [3.05, 3.63) is 16.2 Å². The molecule has 0 spiro atoms. The molecule has 2 atom stereocenters. The monoisotopic (exact) mass is 367 g/mol. The van der Waals surface area contributed by atoms with E-state index >= 15 is 0 Å². The van der Waals surface area contributed by atoms with Crippen molar-refractivity contribution in [2.45, 2.75) is 52.6 Å². The highest BCUT2D eigenvalue weighted by Gasteiger charge is 2.24. The molecule has 1 aliphatic rings. The lowest BCUT2D eigenvalue weighted by molar-refractivity contribution is 0.0966. The van der Waals surface area contributed by atoms with Gasteiger partial charge >= 0.3 is 0 Å². The van der Waals surface area contributed by atoms with Crippen LogP contribution in [0.25, 0.3) is 0 Å². The van der Waals surface area contributed by atoms with Crippen LogP contribution in [0.2, 0.25) is 0 Å². The van der Waals surface area contributed by atoms with Gasteiger partial charge in [0.25, 0.3) is 0 Å². The molecule has 0 saturated heterocycles. The first-order valence-corrected chi connectivity index (χ1v) is 8.88. The van der Waals surface area contributed by atoms with Crippen LogP contribution < -0.4 is 4.74 Å². The van der Waals surface area contributed by atoms with Gasteiger partial charge in [0.15, 0.2) is 0 Å². The molecular formula is C17H26BrN3O. The zero-order valence-corrected chi connectivity index (χ0v) is 15.6. The highest BCUT2D eigenvalue weighted by atomic mass is 79.9. The van der Waals surface area contributed by atoms with Gasteiger partial charge in [-0.15, -0.1) is 0 Å². The maximum Gasteiger partial charge on any atom is 0.228 e. The smallest absolute Gasteiger partial charge is 0.228 e. The summed E-state index contributed by atoms with van der Waals surface area (Å²) in [6, 6.07) is 1.99. The molecule has 4 nitrogen and oxygen atoms in total. The van der Waals surface area contributed by atoms with E-state index in [0.717, 1.165) is 28.8 Å². The van der Waals surface area contributed by atoms with E-state index in [1.165, 1.54) is 19.3 Å². The maximum absolute atomic E-state index is 6.16. The maximum atomic E-state index is 6.16. The number of aryl methyl sites for hydroxylation is 1. The van der Waals surface area contributed by atoms with Gasteiger partial charge in [0.1, 0.15) is 6.10 Å². The third kappa shape index (κ3) is 4.45. The van der Waals surface area contributed by atoms with Crippen molar-refractivity contribution in [1.29, 1.82) is 0 Å². The fraction of sp³-hybridized carbons (Fsp3) is 0.647. The standard InChI is InChI=1S/C17H26BrN3O/c1-5-21(4)11-19-15-10-14(18)17(20-13(15)3)22-16-9-7-6-8-12(16)2/h10-12,16H,5-9H2,1-4H3/t12-,16-/m0/s1. The van der Waals surface area contributed by atoms with E-state index in [1.54, 1.807) is 0 Å². The van der Waals surface area contributed by atoms with Crippen LogP contribution in [0.4, 0.5) is 5.69 Å². The molecule has 0 N–H and O–H groups in total. The fourth-order valence-corrected chi connectivity index (χ4v) is 3.00. The van der Waals surface area contributed by atoms with Crippen molar-refractivity contribution in [2.24, 2.45) is 10.9 Å². The Kier molecular flexibility index (Phi) is 6.24. The Morgan fingerprint density at radius 3 is 2.86 bits per heavy atom. The van der Waals surface area contributed by atoms with E-state index in [-0.39, 0.29) is 6.10 Å². The highest BCUT2D eigenvalue weighted by Crippen LogP contribution is 2.33. The molecule has 1 fully saturated rings. The van der Waals surface area contributed by atoms with Gasteiger partial charge < -0.3 is 9.64 Å². The molecule has 0 bridgehead atoms. The van der Waals surface area contributed by atoms with Gasteiger partial charge in [0.2, 0.25) is 5.88 Å². The molecule has 1 aliphatic carbocycles. The summed E-state index contributed by atoms with van der Waals surface area (Å²) < 4.78 is 7.04. The summed E-state index contributed by atoms with van der Waals surface area (Å²) in [5, 5.41) is 0. The Hall–Kier alpha value is -1.10. The Balaban J connectivity index is 2.13. The van der Waals surface area contributed by atoms with E-state index in [9.17, 15) is 0 Å². The molecule has 5 heteroatoms. The van der Waals surface area contributed by atoms with Crippen LogP contribution in [0, 0.1) is 12.8 Å². The van der Waals surface area contributed by atoms with Crippen molar-refractivity contribution < 1.29 is 4.74 Å². The molecule has 22 heavy (non-hydrogen) atoms. The van der Waals surface area contributed by atoms with Crippen molar-refractivity contribution in [2.75, 3.05) is 13.6 Å². The van der Waals surface area contributed by atoms with Gasteiger partial charge in [-0.05, 0) is 61.0 Å². The van der Waals surface area contributed by atoms with E-state index in [2.05, 4.69) is 39.8 Å². The van der Waals surface area contributed by atoms with Crippen molar-refractivity contribution >= 4 is 28.0 Å². The summed E-state index contributed by atoms with van der Waals surface area (Å²) >= 11 is 3.58. The molecule has 0 aliphatic heterocycles.